The Morgan fingerprint density at radius 1 is 1.30 bits per heavy atom. The predicted molar refractivity (Wildman–Crippen MR) is 39.2 cm³/mol. The van der Waals surface area contributed by atoms with Crippen LogP contribution in [-0.4, -0.2) is 0 Å². The van der Waals surface area contributed by atoms with Gasteiger partial charge in [-0.05, 0) is 37.5 Å². The van der Waals surface area contributed by atoms with Crippen molar-refractivity contribution >= 4 is 0 Å². The second-order valence-corrected chi connectivity index (χ2v) is 3.92. The van der Waals surface area contributed by atoms with Gasteiger partial charge in [-0.1, -0.05) is 6.42 Å². The van der Waals surface area contributed by atoms with Crippen LogP contribution in [0, 0.1) is 22.7 Å². The molecule has 1 nitrogen and oxygen atoms in total. The van der Waals surface area contributed by atoms with Gasteiger partial charge in [-0.15, -0.1) is 0 Å². The van der Waals surface area contributed by atoms with Gasteiger partial charge in [0.2, 0.25) is 0 Å². The fourth-order valence-corrected chi connectivity index (χ4v) is 2.19. The van der Waals surface area contributed by atoms with E-state index in [9.17, 15) is 0 Å². The van der Waals surface area contributed by atoms with Gasteiger partial charge in [0.15, 0.2) is 0 Å². The molecule has 0 aromatic heterocycles. The lowest BCUT2D eigenvalue weighted by Crippen LogP contribution is -2.14. The van der Waals surface area contributed by atoms with Crippen LogP contribution >= 0.6 is 0 Å². The predicted octanol–water partition coefficient (Wildman–Crippen LogP) is 2.48. The lowest BCUT2D eigenvalue weighted by atomic mass is 9.80. The summed E-state index contributed by atoms with van der Waals surface area (Å²) >= 11 is 0. The van der Waals surface area contributed by atoms with E-state index in [-0.39, 0.29) is 0 Å². The smallest absolute Gasteiger partial charge is 0.0655 e. The maximum atomic E-state index is 8.70. The fraction of sp³-hybridized carbons (Fsp3) is 0.889. The molecular formula is C9H13N. The van der Waals surface area contributed by atoms with Crippen molar-refractivity contribution < 1.29 is 0 Å². The molecule has 0 radical (unpaired) electrons. The van der Waals surface area contributed by atoms with E-state index in [0.717, 1.165) is 6.42 Å². The first-order valence-corrected chi connectivity index (χ1v) is 4.24. The van der Waals surface area contributed by atoms with Crippen molar-refractivity contribution in [1.29, 1.82) is 5.26 Å². The number of hydrogen-bond donors (Lipinski definition) is 0. The summed E-state index contributed by atoms with van der Waals surface area (Å²) < 4.78 is 0. The van der Waals surface area contributed by atoms with Gasteiger partial charge in [0.05, 0.1) is 6.07 Å². The zero-order valence-electron chi connectivity index (χ0n) is 6.27. The van der Waals surface area contributed by atoms with Crippen molar-refractivity contribution in [2.75, 3.05) is 0 Å². The SMILES string of the molecule is N#C[C@H]1CCCC2(CC2)C1. The molecule has 0 saturated heterocycles. The highest BCUT2D eigenvalue weighted by Gasteiger charge is 2.45. The van der Waals surface area contributed by atoms with Crippen LogP contribution in [0.3, 0.4) is 0 Å². The van der Waals surface area contributed by atoms with E-state index in [1.165, 1.54) is 32.1 Å². The van der Waals surface area contributed by atoms with E-state index in [1.807, 2.05) is 0 Å². The lowest BCUT2D eigenvalue weighted by Gasteiger charge is -2.24. The molecule has 0 aromatic rings. The second-order valence-electron chi connectivity index (χ2n) is 3.92. The molecule has 2 aliphatic rings. The van der Waals surface area contributed by atoms with Crippen molar-refractivity contribution in [3.8, 4) is 6.07 Å². The summed E-state index contributed by atoms with van der Waals surface area (Å²) in [4.78, 5) is 0. The highest BCUT2D eigenvalue weighted by atomic mass is 14.5. The molecule has 1 heteroatoms. The van der Waals surface area contributed by atoms with Crippen molar-refractivity contribution in [3.05, 3.63) is 0 Å². The average molecular weight is 135 g/mol. The average Bonchev–Trinajstić information content (AvgIpc) is 2.70. The van der Waals surface area contributed by atoms with E-state index < -0.39 is 0 Å². The summed E-state index contributed by atoms with van der Waals surface area (Å²) in [7, 11) is 0. The van der Waals surface area contributed by atoms with Gasteiger partial charge < -0.3 is 0 Å². The maximum absolute atomic E-state index is 8.70. The van der Waals surface area contributed by atoms with Crippen molar-refractivity contribution in [3.63, 3.8) is 0 Å². The first-order valence-electron chi connectivity index (χ1n) is 4.24. The van der Waals surface area contributed by atoms with Crippen LogP contribution in [0.2, 0.25) is 0 Å². The minimum absolute atomic E-state index is 0.399. The number of hydrogen-bond acceptors (Lipinski definition) is 1. The summed E-state index contributed by atoms with van der Waals surface area (Å²) in [6, 6.07) is 2.40. The fourth-order valence-electron chi connectivity index (χ4n) is 2.19. The third-order valence-corrected chi connectivity index (χ3v) is 3.08. The topological polar surface area (TPSA) is 23.8 Å². The molecule has 2 fully saturated rings. The molecule has 2 aliphatic carbocycles. The molecule has 0 N–H and O–H groups in total. The molecule has 0 aromatic carbocycles. The molecule has 0 heterocycles. The van der Waals surface area contributed by atoms with E-state index in [0.29, 0.717) is 11.3 Å². The molecule has 2 rings (SSSR count). The van der Waals surface area contributed by atoms with Crippen LogP contribution in [0.4, 0.5) is 0 Å². The van der Waals surface area contributed by atoms with Gasteiger partial charge >= 0.3 is 0 Å². The summed E-state index contributed by atoms with van der Waals surface area (Å²) in [6.45, 7) is 0. The van der Waals surface area contributed by atoms with E-state index in [2.05, 4.69) is 6.07 Å². The molecule has 0 bridgehead atoms. The number of nitrogens with zero attached hydrogens (tertiary/aromatic N) is 1. The van der Waals surface area contributed by atoms with Gasteiger partial charge in [-0.25, -0.2) is 0 Å². The third kappa shape index (κ3) is 0.923. The van der Waals surface area contributed by atoms with Gasteiger partial charge in [0.1, 0.15) is 0 Å². The monoisotopic (exact) mass is 135 g/mol. The normalized spacial score (nSPS) is 35.3. The molecule has 2 saturated carbocycles. The minimum atomic E-state index is 0.399. The summed E-state index contributed by atoms with van der Waals surface area (Å²) in [5.41, 5.74) is 0.679. The zero-order valence-corrected chi connectivity index (χ0v) is 6.27. The number of nitriles is 1. The van der Waals surface area contributed by atoms with E-state index >= 15 is 0 Å². The Kier molecular flexibility index (Phi) is 1.23. The molecule has 0 amide bonds. The zero-order chi connectivity index (χ0) is 7.03. The molecule has 10 heavy (non-hydrogen) atoms. The Hall–Kier alpha value is -0.510. The molecule has 54 valence electrons. The Labute approximate surface area is 62.0 Å². The van der Waals surface area contributed by atoms with Crippen LogP contribution in [0.5, 0.6) is 0 Å². The highest BCUT2D eigenvalue weighted by Crippen LogP contribution is 2.57. The third-order valence-electron chi connectivity index (χ3n) is 3.08. The lowest BCUT2D eigenvalue weighted by molar-refractivity contribution is 0.289. The Morgan fingerprint density at radius 2 is 2.10 bits per heavy atom. The first kappa shape index (κ1) is 6.22. The maximum Gasteiger partial charge on any atom is 0.0655 e. The van der Waals surface area contributed by atoms with Crippen LogP contribution < -0.4 is 0 Å². The Balaban J connectivity index is 1.99. The van der Waals surface area contributed by atoms with Crippen LogP contribution in [0.25, 0.3) is 0 Å². The highest BCUT2D eigenvalue weighted by molar-refractivity contribution is 5.01. The van der Waals surface area contributed by atoms with Crippen molar-refractivity contribution in [2.24, 2.45) is 11.3 Å². The van der Waals surface area contributed by atoms with Crippen LogP contribution in [0.1, 0.15) is 38.5 Å². The molecule has 0 unspecified atom stereocenters. The largest absolute Gasteiger partial charge is 0.198 e. The molecular weight excluding hydrogens is 122 g/mol. The summed E-state index contributed by atoms with van der Waals surface area (Å²) in [5, 5.41) is 8.70. The first-order chi connectivity index (χ1) is 4.85. The quantitative estimate of drug-likeness (QED) is 0.500. The van der Waals surface area contributed by atoms with Crippen LogP contribution in [0.15, 0.2) is 0 Å². The second kappa shape index (κ2) is 1.99. The van der Waals surface area contributed by atoms with Crippen molar-refractivity contribution in [2.45, 2.75) is 38.5 Å². The van der Waals surface area contributed by atoms with Crippen molar-refractivity contribution in [1.82, 2.24) is 0 Å². The minimum Gasteiger partial charge on any atom is -0.198 e. The van der Waals surface area contributed by atoms with Gasteiger partial charge in [-0.2, -0.15) is 5.26 Å². The van der Waals surface area contributed by atoms with Crippen LogP contribution in [-0.2, 0) is 0 Å². The standard InChI is InChI=1S/C9H13N/c10-7-8-2-1-3-9(6-8)4-5-9/h8H,1-6H2/t8-/m0/s1. The molecule has 1 atom stereocenters. The van der Waals surface area contributed by atoms with Gasteiger partial charge in [0.25, 0.3) is 0 Å². The Morgan fingerprint density at radius 3 is 2.70 bits per heavy atom. The molecule has 0 aliphatic heterocycles. The Bertz CT molecular complexity index is 174. The summed E-state index contributed by atoms with van der Waals surface area (Å²) in [6.07, 6.45) is 7.90. The van der Waals surface area contributed by atoms with E-state index in [4.69, 9.17) is 5.26 Å². The van der Waals surface area contributed by atoms with Gasteiger partial charge in [0, 0.05) is 5.92 Å². The van der Waals surface area contributed by atoms with Gasteiger partial charge in [-0.3, -0.25) is 0 Å². The summed E-state index contributed by atoms with van der Waals surface area (Å²) in [5.74, 6) is 0.399. The molecule has 1 spiro atoms. The van der Waals surface area contributed by atoms with E-state index in [1.54, 1.807) is 0 Å². The number of rotatable bonds is 0.